The van der Waals surface area contributed by atoms with E-state index < -0.39 is 0 Å². The molecular formula is C31H48N10O. The van der Waals surface area contributed by atoms with Gasteiger partial charge in [-0.05, 0) is 57.5 Å². The average Bonchev–Trinajstić information content (AvgIpc) is 3.48. The molecule has 3 N–H and O–H groups in total. The van der Waals surface area contributed by atoms with Gasteiger partial charge in [0.25, 0.3) is 0 Å². The van der Waals surface area contributed by atoms with Crippen molar-refractivity contribution >= 4 is 28.6 Å². The summed E-state index contributed by atoms with van der Waals surface area (Å²) in [5, 5.41) is 20.3. The van der Waals surface area contributed by atoms with E-state index in [4.69, 9.17) is 9.97 Å². The van der Waals surface area contributed by atoms with Gasteiger partial charge in [-0.2, -0.15) is 4.98 Å². The molecule has 1 amide bonds. The molecule has 11 nitrogen and oxygen atoms in total. The molecule has 1 aliphatic carbocycles. The molecule has 228 valence electrons. The van der Waals surface area contributed by atoms with Gasteiger partial charge in [0, 0.05) is 50.1 Å². The van der Waals surface area contributed by atoms with Gasteiger partial charge in [0.15, 0.2) is 0 Å². The van der Waals surface area contributed by atoms with Crippen molar-refractivity contribution in [3.8, 4) is 0 Å². The Balaban J connectivity index is 1.06. The Morgan fingerprint density at radius 3 is 2.57 bits per heavy atom. The Morgan fingerprint density at radius 2 is 1.76 bits per heavy atom. The van der Waals surface area contributed by atoms with E-state index in [1.165, 1.54) is 38.5 Å². The highest BCUT2D eigenvalue weighted by molar-refractivity contribution is 5.90. The lowest BCUT2D eigenvalue weighted by atomic mass is 9.95. The average molecular weight is 577 g/mol. The number of para-hydroxylation sites is 1. The summed E-state index contributed by atoms with van der Waals surface area (Å²) < 4.78 is 1.91. The van der Waals surface area contributed by atoms with Crippen molar-refractivity contribution in [2.75, 3.05) is 56.0 Å². The second-order valence-corrected chi connectivity index (χ2v) is 11.9. The van der Waals surface area contributed by atoms with Gasteiger partial charge in [0.2, 0.25) is 11.9 Å². The molecular weight excluding hydrogens is 528 g/mol. The summed E-state index contributed by atoms with van der Waals surface area (Å²) in [6, 6.07) is 8.84. The molecule has 1 saturated carbocycles. The number of fused-ring (bicyclic) bond motifs is 1. The number of hydrogen-bond acceptors (Lipinski definition) is 9. The van der Waals surface area contributed by atoms with Crippen molar-refractivity contribution in [3.63, 3.8) is 0 Å². The third-order valence-electron chi connectivity index (χ3n) is 8.29. The third-order valence-corrected chi connectivity index (χ3v) is 8.29. The number of piperazine rings is 1. The maximum Gasteiger partial charge on any atom is 0.225 e. The standard InChI is InChI=1S/C31H48N10O/c1-24(2)30(42)40-20-18-39(19-21-40)29-27-12-6-7-13-28(27)35-31(36-29)34-22-26-23-41(38-37-26)17-9-15-32-14-8-16-33-25-10-4-3-5-11-25/h6-7,12-13,23-25,32-33H,3-5,8-11,14-22H2,1-2H3,(H,34,35,36). The van der Waals surface area contributed by atoms with Crippen LogP contribution >= 0.6 is 0 Å². The molecule has 1 aliphatic heterocycles. The molecule has 2 aromatic heterocycles. The van der Waals surface area contributed by atoms with Crippen LogP contribution in [0.4, 0.5) is 11.8 Å². The first-order chi connectivity index (χ1) is 20.6. The number of nitrogens with one attached hydrogen (secondary N) is 3. The minimum Gasteiger partial charge on any atom is -0.352 e. The number of amides is 1. The van der Waals surface area contributed by atoms with Crippen molar-refractivity contribution < 1.29 is 4.79 Å². The van der Waals surface area contributed by atoms with Crippen LogP contribution in [0.2, 0.25) is 0 Å². The number of carbonyl (C=O) groups excluding carboxylic acids is 1. The van der Waals surface area contributed by atoms with Gasteiger partial charge < -0.3 is 25.8 Å². The van der Waals surface area contributed by atoms with Crippen LogP contribution < -0.4 is 20.9 Å². The molecule has 1 saturated heterocycles. The van der Waals surface area contributed by atoms with Gasteiger partial charge >= 0.3 is 0 Å². The van der Waals surface area contributed by atoms with Crippen LogP contribution in [-0.2, 0) is 17.9 Å². The zero-order valence-corrected chi connectivity index (χ0v) is 25.4. The van der Waals surface area contributed by atoms with Crippen molar-refractivity contribution in [1.29, 1.82) is 0 Å². The highest BCUT2D eigenvalue weighted by atomic mass is 16.2. The predicted molar refractivity (Wildman–Crippen MR) is 167 cm³/mol. The highest BCUT2D eigenvalue weighted by Gasteiger charge is 2.25. The Morgan fingerprint density at radius 1 is 0.976 bits per heavy atom. The topological polar surface area (TPSA) is 116 Å². The van der Waals surface area contributed by atoms with Crippen LogP contribution in [0.25, 0.3) is 10.9 Å². The molecule has 11 heteroatoms. The van der Waals surface area contributed by atoms with Gasteiger partial charge in [-0.3, -0.25) is 9.48 Å². The first-order valence-corrected chi connectivity index (χ1v) is 15.9. The van der Waals surface area contributed by atoms with E-state index in [0.717, 1.165) is 74.1 Å². The number of rotatable bonds is 14. The van der Waals surface area contributed by atoms with E-state index in [1.807, 2.05) is 47.8 Å². The van der Waals surface area contributed by atoms with Gasteiger partial charge in [-0.25, -0.2) is 4.98 Å². The minimum atomic E-state index is 0.0186. The fourth-order valence-corrected chi connectivity index (χ4v) is 5.90. The smallest absolute Gasteiger partial charge is 0.225 e. The SMILES string of the molecule is CC(C)C(=O)N1CCN(c2nc(NCc3cn(CCCNCCCNC4CCCCC4)nn3)nc3ccccc23)CC1. The fraction of sp³-hybridized carbons (Fsp3) is 0.645. The normalized spacial score (nSPS) is 16.5. The molecule has 3 heterocycles. The fourth-order valence-electron chi connectivity index (χ4n) is 5.90. The van der Waals surface area contributed by atoms with Crippen LogP contribution in [0.3, 0.4) is 0 Å². The number of aromatic nitrogens is 5. The van der Waals surface area contributed by atoms with Crippen molar-refractivity contribution in [3.05, 3.63) is 36.2 Å². The number of nitrogens with zero attached hydrogens (tertiary/aromatic N) is 7. The van der Waals surface area contributed by atoms with Gasteiger partial charge in [0.1, 0.15) is 11.5 Å². The number of anilines is 2. The zero-order valence-electron chi connectivity index (χ0n) is 25.4. The van der Waals surface area contributed by atoms with Gasteiger partial charge in [-0.15, -0.1) is 5.10 Å². The minimum absolute atomic E-state index is 0.0186. The Labute approximate surface area is 249 Å². The molecule has 42 heavy (non-hydrogen) atoms. The quantitative estimate of drug-likeness (QED) is 0.248. The molecule has 5 rings (SSSR count). The zero-order chi connectivity index (χ0) is 29.1. The summed E-state index contributed by atoms with van der Waals surface area (Å²) in [5.74, 6) is 1.71. The number of benzene rings is 1. The summed E-state index contributed by atoms with van der Waals surface area (Å²) in [4.78, 5) is 26.3. The monoisotopic (exact) mass is 576 g/mol. The maximum atomic E-state index is 12.5. The van der Waals surface area contributed by atoms with E-state index in [-0.39, 0.29) is 11.8 Å². The highest BCUT2D eigenvalue weighted by Crippen LogP contribution is 2.26. The lowest BCUT2D eigenvalue weighted by Crippen LogP contribution is -2.50. The van der Waals surface area contributed by atoms with Crippen LogP contribution in [-0.4, -0.2) is 87.6 Å². The molecule has 3 aromatic rings. The number of hydrogen-bond donors (Lipinski definition) is 3. The van der Waals surface area contributed by atoms with Gasteiger partial charge in [-0.1, -0.05) is 50.5 Å². The van der Waals surface area contributed by atoms with E-state index >= 15 is 0 Å². The van der Waals surface area contributed by atoms with E-state index in [1.54, 1.807) is 0 Å². The lowest BCUT2D eigenvalue weighted by molar-refractivity contribution is -0.134. The largest absolute Gasteiger partial charge is 0.352 e. The maximum absolute atomic E-state index is 12.5. The van der Waals surface area contributed by atoms with Crippen LogP contribution in [0.15, 0.2) is 30.5 Å². The predicted octanol–water partition coefficient (Wildman–Crippen LogP) is 3.43. The first kappa shape index (κ1) is 30.2. The van der Waals surface area contributed by atoms with Crippen LogP contribution in [0.1, 0.15) is 64.5 Å². The Kier molecular flexibility index (Phi) is 10.9. The van der Waals surface area contributed by atoms with Crippen LogP contribution in [0.5, 0.6) is 0 Å². The van der Waals surface area contributed by atoms with E-state index in [0.29, 0.717) is 25.6 Å². The second-order valence-electron chi connectivity index (χ2n) is 11.9. The summed E-state index contributed by atoms with van der Waals surface area (Å²) in [7, 11) is 0. The first-order valence-electron chi connectivity index (χ1n) is 15.9. The number of carbonyl (C=O) groups is 1. The summed E-state index contributed by atoms with van der Waals surface area (Å²) >= 11 is 0. The molecule has 0 spiro atoms. The number of aryl methyl sites for hydroxylation is 1. The van der Waals surface area contributed by atoms with Crippen molar-refractivity contribution in [1.82, 2.24) is 40.5 Å². The van der Waals surface area contributed by atoms with Crippen molar-refractivity contribution in [2.24, 2.45) is 5.92 Å². The molecule has 0 unspecified atom stereocenters. The summed E-state index contributed by atoms with van der Waals surface area (Å²) in [6.45, 7) is 11.3. The molecule has 2 aliphatic rings. The third kappa shape index (κ3) is 8.38. The molecule has 0 atom stereocenters. The van der Waals surface area contributed by atoms with E-state index in [2.05, 4.69) is 37.2 Å². The molecule has 1 aromatic carbocycles. The summed E-state index contributed by atoms with van der Waals surface area (Å²) in [5.41, 5.74) is 1.75. The Hall–Kier alpha value is -3.31. The molecule has 0 radical (unpaired) electrons. The Bertz CT molecular complexity index is 1260. The van der Waals surface area contributed by atoms with Crippen LogP contribution in [0, 0.1) is 5.92 Å². The van der Waals surface area contributed by atoms with Gasteiger partial charge in [0.05, 0.1) is 18.3 Å². The summed E-state index contributed by atoms with van der Waals surface area (Å²) in [6.07, 6.45) is 11.0. The second kappa shape index (κ2) is 15.2. The van der Waals surface area contributed by atoms with Crippen molar-refractivity contribution in [2.45, 2.75) is 77.9 Å². The molecule has 2 fully saturated rings. The van der Waals surface area contributed by atoms with E-state index in [9.17, 15) is 4.79 Å². The molecule has 0 bridgehead atoms. The lowest BCUT2D eigenvalue weighted by Gasteiger charge is -2.36.